The van der Waals surface area contributed by atoms with E-state index in [1.54, 1.807) is 0 Å². The van der Waals surface area contributed by atoms with Crippen LogP contribution >= 0.6 is 0 Å². The van der Waals surface area contributed by atoms with Crippen molar-refractivity contribution in [2.45, 2.75) is 20.3 Å². The van der Waals surface area contributed by atoms with E-state index in [-0.39, 0.29) is 24.8 Å². The van der Waals surface area contributed by atoms with Crippen molar-refractivity contribution >= 4 is 3.21 Å². The molecule has 0 heterocycles. The second kappa shape index (κ2) is 15.0. The van der Waals surface area contributed by atoms with Crippen LogP contribution in [0.2, 0.25) is 0 Å². The van der Waals surface area contributed by atoms with Gasteiger partial charge >= 0.3 is 99.2 Å². The summed E-state index contributed by atoms with van der Waals surface area (Å²) in [6, 6.07) is 45.6. The zero-order valence-electron chi connectivity index (χ0n) is 20.5. The molecular weight excluding hydrogens is 558 g/mol. The minimum absolute atomic E-state index is 0. The average molecular weight is 587 g/mol. The zero-order valence-corrected chi connectivity index (χ0v) is 24.5. The van der Waals surface area contributed by atoms with Gasteiger partial charge < -0.3 is 24.8 Å². The van der Waals surface area contributed by atoms with Crippen molar-refractivity contribution in [1.29, 1.82) is 0 Å². The average Bonchev–Trinajstić information content (AvgIpc) is 3.57. The molecule has 36 heavy (non-hydrogen) atoms. The molecule has 0 aliphatic heterocycles. The largest absolute Gasteiger partial charge is 0.214 e. The van der Waals surface area contributed by atoms with Gasteiger partial charge in [0.2, 0.25) is 0 Å². The van der Waals surface area contributed by atoms with Crippen molar-refractivity contribution in [2.75, 3.05) is 0 Å². The summed E-state index contributed by atoms with van der Waals surface area (Å²) < 4.78 is 1.42. The van der Waals surface area contributed by atoms with Gasteiger partial charge in [-0.2, -0.15) is 47.5 Å². The first-order valence-corrected chi connectivity index (χ1v) is 12.8. The van der Waals surface area contributed by atoms with Gasteiger partial charge in [0.05, 0.1) is 0 Å². The summed E-state index contributed by atoms with van der Waals surface area (Å²) >= 11 is 1.46. The van der Waals surface area contributed by atoms with E-state index in [0.29, 0.717) is 0 Å². The standard InChI is InChI=1S/C15H13.C13H10.C5H5.2ClH.Zr/c1-10-3-5-12-9-13-6-4-11(2)8-15(13)14(12)7-10;1-3-7-12(8-4-1)11-13-9-5-2-6-10-13;1-2-4-5-3-1;;;/h3-5,7-8H,9H2,1-2H3;1-10H;1-5H;2*1H;/q-1;;-1;;;+2/p-2. The molecule has 5 aromatic carbocycles. The third-order valence-corrected chi connectivity index (χ3v) is 7.19. The normalized spacial score (nSPS) is 10.1. The first-order valence-electron chi connectivity index (χ1n) is 11.6. The number of hydrogen-bond donors (Lipinski definition) is 0. The van der Waals surface area contributed by atoms with Crippen LogP contribution < -0.4 is 24.8 Å². The maximum Gasteiger partial charge on any atom is -0.172 e. The molecule has 180 valence electrons. The summed E-state index contributed by atoms with van der Waals surface area (Å²) in [5.41, 5.74) is 10.9. The topological polar surface area (TPSA) is 0 Å². The van der Waals surface area contributed by atoms with Crippen molar-refractivity contribution < 1.29 is 49.0 Å². The van der Waals surface area contributed by atoms with Crippen LogP contribution in [0.15, 0.2) is 121 Å². The SMILES string of the molecule is Cc1c[c-]c2c(c1)-c1cc(C)ccc1C2.[Cl-].[Cl-].[Zr+2]=[C](c1ccccc1)c1ccccc1.c1cc[cH-]c1. The van der Waals surface area contributed by atoms with Crippen LogP contribution in [-0.2, 0) is 30.7 Å². The minimum atomic E-state index is 0. The predicted molar refractivity (Wildman–Crippen MR) is 141 cm³/mol. The molecule has 0 fully saturated rings. The van der Waals surface area contributed by atoms with Gasteiger partial charge in [0.1, 0.15) is 0 Å². The second-order valence-corrected chi connectivity index (χ2v) is 9.70. The summed E-state index contributed by atoms with van der Waals surface area (Å²) in [7, 11) is 0. The number of halogens is 2. The number of benzene rings is 4. The molecule has 0 amide bonds. The van der Waals surface area contributed by atoms with E-state index in [4.69, 9.17) is 0 Å². The predicted octanol–water partition coefficient (Wildman–Crippen LogP) is 1.89. The third kappa shape index (κ3) is 8.04. The summed E-state index contributed by atoms with van der Waals surface area (Å²) in [5.74, 6) is 0. The van der Waals surface area contributed by atoms with Crippen LogP contribution in [0.3, 0.4) is 0 Å². The van der Waals surface area contributed by atoms with Gasteiger partial charge in [0.25, 0.3) is 0 Å². The first kappa shape index (κ1) is 29.8. The number of fused-ring (bicyclic) bond motifs is 3. The molecule has 0 radical (unpaired) electrons. The molecule has 0 unspecified atom stereocenters. The number of hydrogen-bond acceptors (Lipinski definition) is 0. The van der Waals surface area contributed by atoms with Gasteiger partial charge in [-0.15, -0.1) is 5.56 Å². The van der Waals surface area contributed by atoms with E-state index in [2.05, 4.69) is 111 Å². The maximum absolute atomic E-state index is 3.38. The van der Waals surface area contributed by atoms with Crippen LogP contribution in [0.5, 0.6) is 0 Å². The quantitative estimate of drug-likeness (QED) is 0.272. The Labute approximate surface area is 242 Å². The Morgan fingerprint density at radius 3 is 1.78 bits per heavy atom. The maximum atomic E-state index is 3.38. The smallest absolute Gasteiger partial charge is 0.172 e. The van der Waals surface area contributed by atoms with Crippen LogP contribution in [0.1, 0.15) is 33.4 Å². The third-order valence-electron chi connectivity index (χ3n) is 5.77. The molecule has 5 aromatic rings. The van der Waals surface area contributed by atoms with Crippen LogP contribution in [0, 0.1) is 19.9 Å². The summed E-state index contributed by atoms with van der Waals surface area (Å²) in [6.07, 6.45) is 1.05. The first-order chi connectivity index (χ1) is 16.6. The van der Waals surface area contributed by atoms with Crippen molar-refractivity contribution in [2.24, 2.45) is 0 Å². The van der Waals surface area contributed by atoms with E-state index < -0.39 is 0 Å². The molecule has 6 rings (SSSR count). The Hall–Kier alpha value is -2.44. The zero-order chi connectivity index (χ0) is 23.8. The number of rotatable bonds is 2. The van der Waals surface area contributed by atoms with Crippen molar-refractivity contribution in [3.8, 4) is 11.1 Å². The molecule has 0 nitrogen and oxygen atoms in total. The Morgan fingerprint density at radius 2 is 1.25 bits per heavy atom. The minimum Gasteiger partial charge on any atom is -0.214 e. The van der Waals surface area contributed by atoms with Gasteiger partial charge in [-0.1, -0.05) is 41.8 Å². The molecule has 0 saturated heterocycles. The molecule has 1 aliphatic carbocycles. The van der Waals surface area contributed by atoms with Gasteiger partial charge in [0, 0.05) is 0 Å². The van der Waals surface area contributed by atoms with Gasteiger partial charge in [-0.05, 0) is 13.3 Å². The second-order valence-electron chi connectivity index (χ2n) is 8.48. The fraction of sp³-hybridized carbons (Fsp3) is 0.0909. The van der Waals surface area contributed by atoms with E-state index in [1.807, 2.05) is 30.3 Å². The van der Waals surface area contributed by atoms with E-state index >= 15 is 0 Å². The van der Waals surface area contributed by atoms with Gasteiger partial charge in [0.15, 0.2) is 0 Å². The molecule has 0 spiro atoms. The summed E-state index contributed by atoms with van der Waals surface area (Å²) in [4.78, 5) is 0. The van der Waals surface area contributed by atoms with E-state index in [0.717, 1.165) is 6.42 Å². The molecule has 0 saturated carbocycles. The van der Waals surface area contributed by atoms with Crippen LogP contribution in [0.4, 0.5) is 0 Å². The van der Waals surface area contributed by atoms with E-state index in [9.17, 15) is 0 Å². The molecule has 0 aromatic heterocycles. The molecule has 3 heteroatoms. The van der Waals surface area contributed by atoms with Crippen LogP contribution in [0.25, 0.3) is 11.1 Å². The summed E-state index contributed by atoms with van der Waals surface area (Å²) in [6.45, 7) is 4.28. The fourth-order valence-electron chi connectivity index (χ4n) is 4.00. The van der Waals surface area contributed by atoms with Gasteiger partial charge in [-0.3, -0.25) is 0 Å². The van der Waals surface area contributed by atoms with Crippen molar-refractivity contribution in [3.63, 3.8) is 0 Å². The fourth-order valence-corrected chi connectivity index (χ4v) is 4.82. The van der Waals surface area contributed by atoms with Crippen LogP contribution in [-0.4, -0.2) is 3.21 Å². The Bertz CT molecular complexity index is 1230. The van der Waals surface area contributed by atoms with Gasteiger partial charge in [-0.25, -0.2) is 12.1 Å². The van der Waals surface area contributed by atoms with E-state index in [1.165, 1.54) is 71.9 Å². The molecule has 0 bridgehead atoms. The Morgan fingerprint density at radius 1 is 0.694 bits per heavy atom. The Kier molecular flexibility index (Phi) is 12.4. The monoisotopic (exact) mass is 584 g/mol. The number of aryl methyl sites for hydroxylation is 2. The van der Waals surface area contributed by atoms with Crippen molar-refractivity contribution in [1.82, 2.24) is 0 Å². The molecular formula is C33H28Cl2Zr-2. The molecule has 0 N–H and O–H groups in total. The summed E-state index contributed by atoms with van der Waals surface area (Å²) in [5, 5.41) is 0. The molecule has 0 atom stereocenters. The molecule has 1 aliphatic rings. The van der Waals surface area contributed by atoms with Crippen molar-refractivity contribution in [3.05, 3.63) is 161 Å². The Balaban J connectivity index is 0.000000204.